The number of nitrogen functional groups attached to an aromatic ring is 1. The zero-order valence-electron chi connectivity index (χ0n) is 7.97. The minimum absolute atomic E-state index is 0.693. The molecule has 0 unspecified atom stereocenters. The molecule has 0 saturated carbocycles. The predicted molar refractivity (Wildman–Crippen MR) is 60.3 cm³/mol. The zero-order valence-corrected chi connectivity index (χ0v) is 8.79. The Morgan fingerprint density at radius 2 is 2.36 bits per heavy atom. The first-order valence-electron chi connectivity index (χ1n) is 4.39. The van der Waals surface area contributed by atoms with E-state index in [0.717, 1.165) is 23.3 Å². The summed E-state index contributed by atoms with van der Waals surface area (Å²) in [5, 5.41) is 8.12. The second kappa shape index (κ2) is 3.88. The third-order valence-corrected chi connectivity index (χ3v) is 2.67. The highest BCUT2D eigenvalue weighted by atomic mass is 32.2. The Hall–Kier alpha value is -1.23. The summed E-state index contributed by atoms with van der Waals surface area (Å²) in [6.07, 6.45) is 2.08. The van der Waals surface area contributed by atoms with Gasteiger partial charge in [0.2, 0.25) is 0 Å². The molecule has 5 heteroatoms. The maximum absolute atomic E-state index is 5.78. The van der Waals surface area contributed by atoms with Crippen LogP contribution < -0.4 is 5.73 Å². The molecule has 14 heavy (non-hydrogen) atoms. The number of nitrogens with two attached hydrogens (primary N) is 1. The van der Waals surface area contributed by atoms with Gasteiger partial charge in [-0.15, -0.1) is 5.10 Å². The minimum Gasteiger partial charge on any atom is -0.397 e. The number of nitrogens with zero attached hydrogens (tertiary/aromatic N) is 3. The maximum atomic E-state index is 5.78. The topological polar surface area (TPSA) is 56.7 Å². The smallest absolute Gasteiger partial charge is 0.136 e. The average Bonchev–Trinajstić information content (AvgIpc) is 2.60. The third kappa shape index (κ3) is 1.55. The molecular weight excluding hydrogens is 196 g/mol. The minimum atomic E-state index is 0.693. The lowest BCUT2D eigenvalue weighted by atomic mass is 10.3. The molecule has 1 aromatic heterocycles. The van der Waals surface area contributed by atoms with E-state index in [4.69, 9.17) is 5.73 Å². The molecule has 0 aliphatic carbocycles. The van der Waals surface area contributed by atoms with Crippen LogP contribution in [0, 0.1) is 0 Å². The van der Waals surface area contributed by atoms with Gasteiger partial charge in [0.1, 0.15) is 5.52 Å². The molecule has 0 amide bonds. The lowest BCUT2D eigenvalue weighted by Gasteiger charge is -1.99. The van der Waals surface area contributed by atoms with Crippen LogP contribution in [0.3, 0.4) is 0 Å². The number of rotatable bonds is 3. The van der Waals surface area contributed by atoms with Gasteiger partial charge in [-0.3, -0.25) is 0 Å². The number of hydrogen-bond acceptors (Lipinski definition) is 4. The van der Waals surface area contributed by atoms with Crippen molar-refractivity contribution in [1.82, 2.24) is 15.0 Å². The highest BCUT2D eigenvalue weighted by Gasteiger charge is 2.05. The first kappa shape index (κ1) is 9.33. The summed E-state index contributed by atoms with van der Waals surface area (Å²) < 4.78 is 1.89. The molecule has 2 aromatic rings. The standard InChI is InChI=1S/C9H12N4S/c1-14-6-5-13-8-4-2-3-7(10)9(8)11-12-13/h2-4H,5-6,10H2,1H3. The second-order valence-electron chi connectivity index (χ2n) is 3.02. The number of aryl methyl sites for hydroxylation is 1. The third-order valence-electron chi connectivity index (χ3n) is 2.08. The number of fused-ring (bicyclic) bond motifs is 1. The first-order chi connectivity index (χ1) is 6.83. The van der Waals surface area contributed by atoms with Gasteiger partial charge in [0, 0.05) is 5.75 Å². The quantitative estimate of drug-likeness (QED) is 0.774. The van der Waals surface area contributed by atoms with Gasteiger partial charge in [-0.1, -0.05) is 11.3 Å². The Labute approximate surface area is 86.5 Å². The normalized spacial score (nSPS) is 10.9. The van der Waals surface area contributed by atoms with E-state index < -0.39 is 0 Å². The van der Waals surface area contributed by atoms with E-state index in [2.05, 4.69) is 16.6 Å². The monoisotopic (exact) mass is 208 g/mol. The highest BCUT2D eigenvalue weighted by Crippen LogP contribution is 2.17. The summed E-state index contributed by atoms with van der Waals surface area (Å²) in [5.41, 5.74) is 8.28. The van der Waals surface area contributed by atoms with Gasteiger partial charge < -0.3 is 5.73 Å². The first-order valence-corrected chi connectivity index (χ1v) is 5.79. The van der Waals surface area contributed by atoms with E-state index in [0.29, 0.717) is 5.69 Å². The fourth-order valence-electron chi connectivity index (χ4n) is 1.36. The molecule has 2 N–H and O–H groups in total. The Morgan fingerprint density at radius 3 is 3.14 bits per heavy atom. The van der Waals surface area contributed by atoms with Crippen molar-refractivity contribution >= 4 is 28.5 Å². The molecule has 0 atom stereocenters. The fraction of sp³-hybridized carbons (Fsp3) is 0.333. The van der Waals surface area contributed by atoms with E-state index in [1.165, 1.54) is 0 Å². The summed E-state index contributed by atoms with van der Waals surface area (Å²) in [5.74, 6) is 1.03. The molecule has 0 aliphatic rings. The lowest BCUT2D eigenvalue weighted by Crippen LogP contribution is -2.02. The van der Waals surface area contributed by atoms with E-state index in [-0.39, 0.29) is 0 Å². The van der Waals surface area contributed by atoms with Crippen molar-refractivity contribution < 1.29 is 0 Å². The van der Waals surface area contributed by atoms with E-state index in [1.807, 2.05) is 22.9 Å². The van der Waals surface area contributed by atoms with Crippen LogP contribution >= 0.6 is 11.8 Å². The Kier molecular flexibility index (Phi) is 2.58. The SMILES string of the molecule is CSCCn1nnc2c(N)cccc21. The van der Waals surface area contributed by atoms with Crippen molar-refractivity contribution in [1.29, 1.82) is 0 Å². The molecule has 1 heterocycles. The lowest BCUT2D eigenvalue weighted by molar-refractivity contribution is 0.652. The van der Waals surface area contributed by atoms with Crippen LogP contribution in [0.1, 0.15) is 0 Å². The predicted octanol–water partition coefficient (Wildman–Crippen LogP) is 1.38. The van der Waals surface area contributed by atoms with Crippen LogP contribution in [-0.4, -0.2) is 27.0 Å². The highest BCUT2D eigenvalue weighted by molar-refractivity contribution is 7.98. The van der Waals surface area contributed by atoms with E-state index in [9.17, 15) is 0 Å². The van der Waals surface area contributed by atoms with Gasteiger partial charge >= 0.3 is 0 Å². The average molecular weight is 208 g/mol. The molecule has 0 bridgehead atoms. The van der Waals surface area contributed by atoms with Gasteiger partial charge in [-0.05, 0) is 18.4 Å². The largest absolute Gasteiger partial charge is 0.397 e. The van der Waals surface area contributed by atoms with Crippen molar-refractivity contribution in [2.45, 2.75) is 6.54 Å². The van der Waals surface area contributed by atoms with Gasteiger partial charge in [-0.25, -0.2) is 4.68 Å². The number of benzene rings is 1. The van der Waals surface area contributed by atoms with Crippen molar-refractivity contribution in [3.63, 3.8) is 0 Å². The Bertz CT molecular complexity index is 437. The maximum Gasteiger partial charge on any atom is 0.136 e. The Morgan fingerprint density at radius 1 is 1.50 bits per heavy atom. The van der Waals surface area contributed by atoms with Crippen LogP contribution in [0.2, 0.25) is 0 Å². The molecule has 0 saturated heterocycles. The van der Waals surface area contributed by atoms with Crippen molar-refractivity contribution in [2.75, 3.05) is 17.7 Å². The van der Waals surface area contributed by atoms with Gasteiger partial charge in [0.05, 0.1) is 17.7 Å². The summed E-state index contributed by atoms with van der Waals surface area (Å²) in [4.78, 5) is 0. The van der Waals surface area contributed by atoms with E-state index in [1.54, 1.807) is 11.8 Å². The summed E-state index contributed by atoms with van der Waals surface area (Å²) in [6, 6.07) is 5.76. The van der Waals surface area contributed by atoms with Gasteiger partial charge in [-0.2, -0.15) is 11.8 Å². The molecular formula is C9H12N4S. The molecule has 4 nitrogen and oxygen atoms in total. The van der Waals surface area contributed by atoms with Crippen molar-refractivity contribution in [3.05, 3.63) is 18.2 Å². The summed E-state index contributed by atoms with van der Waals surface area (Å²) >= 11 is 1.79. The number of anilines is 1. The molecule has 2 rings (SSSR count). The summed E-state index contributed by atoms with van der Waals surface area (Å²) in [6.45, 7) is 0.876. The molecule has 0 aliphatic heterocycles. The molecule has 0 radical (unpaired) electrons. The van der Waals surface area contributed by atoms with Gasteiger partial charge in [0.25, 0.3) is 0 Å². The van der Waals surface area contributed by atoms with Crippen molar-refractivity contribution in [3.8, 4) is 0 Å². The summed E-state index contributed by atoms with van der Waals surface area (Å²) in [7, 11) is 0. The van der Waals surface area contributed by atoms with Crippen LogP contribution in [0.25, 0.3) is 11.0 Å². The van der Waals surface area contributed by atoms with Crippen LogP contribution in [0.15, 0.2) is 18.2 Å². The molecule has 0 fully saturated rings. The van der Waals surface area contributed by atoms with Gasteiger partial charge in [0.15, 0.2) is 0 Å². The second-order valence-corrected chi connectivity index (χ2v) is 4.01. The fourth-order valence-corrected chi connectivity index (χ4v) is 1.71. The number of hydrogen-bond donors (Lipinski definition) is 1. The van der Waals surface area contributed by atoms with Crippen LogP contribution in [0.5, 0.6) is 0 Å². The number of thioether (sulfide) groups is 1. The zero-order chi connectivity index (χ0) is 9.97. The van der Waals surface area contributed by atoms with Crippen LogP contribution in [-0.2, 0) is 6.54 Å². The molecule has 0 spiro atoms. The molecule has 1 aromatic carbocycles. The Balaban J connectivity index is 2.42. The van der Waals surface area contributed by atoms with E-state index >= 15 is 0 Å². The van der Waals surface area contributed by atoms with Crippen LogP contribution in [0.4, 0.5) is 5.69 Å². The van der Waals surface area contributed by atoms with Crippen molar-refractivity contribution in [2.24, 2.45) is 0 Å². The molecule has 74 valence electrons. The number of aromatic nitrogens is 3.